The Kier molecular flexibility index (Phi) is 5.84. The third-order valence-electron chi connectivity index (χ3n) is 9.72. The number of hydrogen-bond donors (Lipinski definition) is 0. The van der Waals surface area contributed by atoms with Crippen LogP contribution >= 0.6 is 11.3 Å². The third-order valence-corrected chi connectivity index (χ3v) is 10.9. The van der Waals surface area contributed by atoms with Gasteiger partial charge in [-0.1, -0.05) is 66.7 Å². The Hall–Kier alpha value is -6.66. The maximum Gasteiger partial charge on any atom is 0.188 e. The van der Waals surface area contributed by atoms with Crippen molar-refractivity contribution >= 4 is 80.8 Å². The summed E-state index contributed by atoms with van der Waals surface area (Å²) in [6, 6.07) is 53.3. The van der Waals surface area contributed by atoms with E-state index < -0.39 is 0 Å². The van der Waals surface area contributed by atoms with E-state index in [2.05, 4.69) is 141 Å². The van der Waals surface area contributed by atoms with E-state index in [0.29, 0.717) is 11.3 Å². The Labute approximate surface area is 285 Å². The van der Waals surface area contributed by atoms with Crippen molar-refractivity contribution < 1.29 is 0 Å². The van der Waals surface area contributed by atoms with Crippen LogP contribution in [0.3, 0.4) is 0 Å². The summed E-state index contributed by atoms with van der Waals surface area (Å²) in [6.07, 6.45) is 0. The molecule has 0 amide bonds. The first kappa shape index (κ1) is 27.5. The normalized spacial score (nSPS) is 11.6. The van der Waals surface area contributed by atoms with E-state index in [0.717, 1.165) is 66.1 Å². The van der Waals surface area contributed by atoms with Crippen molar-refractivity contribution in [2.24, 2.45) is 0 Å². The highest BCUT2D eigenvalue weighted by Gasteiger charge is 2.17. The second-order valence-electron chi connectivity index (χ2n) is 12.4. The highest BCUT2D eigenvalue weighted by Crippen LogP contribution is 2.42. The summed E-state index contributed by atoms with van der Waals surface area (Å²) in [5.74, 6) is 0. The topological polar surface area (TPSA) is 38.0 Å². The molecule has 3 aromatic heterocycles. The van der Waals surface area contributed by atoms with Gasteiger partial charge in [-0.3, -0.25) is 0 Å². The number of nitrogens with zero attached hydrogens (tertiary/aromatic N) is 4. The molecule has 0 saturated heterocycles. The first-order valence-electron chi connectivity index (χ1n) is 16.1. The van der Waals surface area contributed by atoms with Gasteiger partial charge in [-0.25, -0.2) is 4.85 Å². The van der Waals surface area contributed by atoms with E-state index in [1.165, 1.54) is 20.2 Å². The highest BCUT2D eigenvalue weighted by molar-refractivity contribution is 7.25. The molecule has 0 radical (unpaired) electrons. The number of thiophene rings is 1. The van der Waals surface area contributed by atoms with Crippen LogP contribution in [0.4, 0.5) is 5.69 Å². The van der Waals surface area contributed by atoms with Gasteiger partial charge in [-0.05, 0) is 95.4 Å². The summed E-state index contributed by atoms with van der Waals surface area (Å²) >= 11 is 1.82. The fraction of sp³-hybridized carbons (Fsp3) is 0. The molecule has 49 heavy (non-hydrogen) atoms. The van der Waals surface area contributed by atoms with Crippen molar-refractivity contribution in [1.82, 2.24) is 9.13 Å². The summed E-state index contributed by atoms with van der Waals surface area (Å²) in [4.78, 5) is 3.77. The van der Waals surface area contributed by atoms with E-state index in [1.54, 1.807) is 0 Å². The average molecular weight is 641 g/mol. The van der Waals surface area contributed by atoms with Crippen molar-refractivity contribution in [2.45, 2.75) is 0 Å². The van der Waals surface area contributed by atoms with Gasteiger partial charge in [0.15, 0.2) is 5.69 Å². The van der Waals surface area contributed by atoms with Crippen molar-refractivity contribution in [3.8, 4) is 28.6 Å². The Morgan fingerprint density at radius 3 is 1.88 bits per heavy atom. The first-order chi connectivity index (χ1) is 24.2. The maximum absolute atomic E-state index is 9.59. The molecule has 0 aliphatic heterocycles. The first-order valence-corrected chi connectivity index (χ1v) is 16.9. The number of fused-ring (bicyclic) bond motifs is 9. The van der Waals surface area contributed by atoms with E-state index in [-0.39, 0.29) is 0 Å². The van der Waals surface area contributed by atoms with Crippen molar-refractivity contribution in [3.63, 3.8) is 0 Å². The van der Waals surface area contributed by atoms with Crippen LogP contribution in [-0.4, -0.2) is 9.13 Å². The van der Waals surface area contributed by atoms with E-state index in [4.69, 9.17) is 6.57 Å². The second-order valence-corrected chi connectivity index (χ2v) is 13.5. The lowest BCUT2D eigenvalue weighted by Gasteiger charge is -2.13. The van der Waals surface area contributed by atoms with Gasteiger partial charge in [-0.15, -0.1) is 11.3 Å². The van der Waals surface area contributed by atoms with Crippen LogP contribution in [-0.2, 0) is 0 Å². The molecule has 5 heteroatoms. The number of aromatic nitrogens is 2. The molecule has 10 aromatic rings. The minimum Gasteiger partial charge on any atom is -0.309 e. The van der Waals surface area contributed by atoms with E-state index in [1.807, 2.05) is 35.6 Å². The highest BCUT2D eigenvalue weighted by atomic mass is 32.1. The smallest absolute Gasteiger partial charge is 0.188 e. The minimum absolute atomic E-state index is 0.640. The summed E-state index contributed by atoms with van der Waals surface area (Å²) in [6.45, 7) is 7.72. The van der Waals surface area contributed by atoms with Gasteiger partial charge >= 0.3 is 0 Å². The molecule has 0 fully saturated rings. The molecule has 3 heterocycles. The fourth-order valence-corrected chi connectivity index (χ4v) is 8.66. The molecule has 10 rings (SSSR count). The summed E-state index contributed by atoms with van der Waals surface area (Å²) in [7, 11) is 0. The lowest BCUT2D eigenvalue weighted by molar-refractivity contribution is 1.17. The molecule has 4 nitrogen and oxygen atoms in total. The van der Waals surface area contributed by atoms with Crippen molar-refractivity contribution in [2.75, 3.05) is 0 Å². The average Bonchev–Trinajstić information content (AvgIpc) is 3.80. The fourth-order valence-electron chi connectivity index (χ4n) is 7.54. The van der Waals surface area contributed by atoms with Crippen LogP contribution < -0.4 is 0 Å². The van der Waals surface area contributed by atoms with E-state index >= 15 is 0 Å². The standard InChI is InChI=1S/C44H24N4S/c1-46-30-17-19-41-36(23-30)37-24-38-34-13-3-5-15-43(34)49-44(38)25-42(37)48(41)32-11-7-9-29(22-32)28-8-6-10-31(21-28)47-39-14-4-2-12-33(39)35-20-27(26-45)16-18-40(35)47/h2-25H. The lowest BCUT2D eigenvalue weighted by Crippen LogP contribution is -1.96. The minimum atomic E-state index is 0.640. The third kappa shape index (κ3) is 4.07. The van der Waals surface area contributed by atoms with Crippen LogP contribution in [0, 0.1) is 17.9 Å². The molecular weight excluding hydrogens is 617 g/mol. The van der Waals surface area contributed by atoms with Gasteiger partial charge in [0.25, 0.3) is 0 Å². The molecule has 0 spiro atoms. The Morgan fingerprint density at radius 1 is 0.490 bits per heavy atom. The Bertz CT molecular complexity index is 3090. The predicted molar refractivity (Wildman–Crippen MR) is 204 cm³/mol. The predicted octanol–water partition coefficient (Wildman–Crippen LogP) is 12.3. The molecule has 7 aromatic carbocycles. The number of nitriles is 1. The van der Waals surface area contributed by atoms with Crippen LogP contribution in [0.15, 0.2) is 146 Å². The van der Waals surface area contributed by atoms with Gasteiger partial charge in [0.05, 0.1) is 40.3 Å². The van der Waals surface area contributed by atoms with Gasteiger partial charge in [0, 0.05) is 47.7 Å². The molecule has 0 saturated carbocycles. The van der Waals surface area contributed by atoms with Crippen molar-refractivity contribution in [3.05, 3.63) is 163 Å². The lowest BCUT2D eigenvalue weighted by atomic mass is 10.0. The SMILES string of the molecule is [C-]#[N+]c1ccc2c(c1)c1cc3c(cc1n2-c1cccc(-c2cccc(-n4c5ccccc5c5cc(C#N)ccc54)c2)c1)sc1ccccc13. The van der Waals surface area contributed by atoms with Crippen LogP contribution in [0.5, 0.6) is 0 Å². The summed E-state index contributed by atoms with van der Waals surface area (Å²) in [5.41, 5.74) is 10.0. The zero-order valence-corrected chi connectivity index (χ0v) is 26.9. The molecular formula is C44H24N4S. The number of para-hydroxylation sites is 1. The molecule has 0 bridgehead atoms. The van der Waals surface area contributed by atoms with Gasteiger partial charge in [0.1, 0.15) is 0 Å². The molecule has 0 unspecified atom stereocenters. The molecule has 226 valence electrons. The molecule has 0 N–H and O–H groups in total. The monoisotopic (exact) mass is 640 g/mol. The Morgan fingerprint density at radius 2 is 1.12 bits per heavy atom. The molecule has 0 aliphatic carbocycles. The summed E-state index contributed by atoms with van der Waals surface area (Å²) < 4.78 is 7.16. The number of rotatable bonds is 3. The molecule has 0 aliphatic rings. The van der Waals surface area contributed by atoms with Crippen LogP contribution in [0.2, 0.25) is 0 Å². The largest absolute Gasteiger partial charge is 0.309 e. The van der Waals surface area contributed by atoms with Gasteiger partial charge in [-0.2, -0.15) is 5.26 Å². The van der Waals surface area contributed by atoms with E-state index in [9.17, 15) is 5.26 Å². The maximum atomic E-state index is 9.59. The Balaban J connectivity index is 1.17. The second kappa shape index (κ2) is 10.4. The van der Waals surface area contributed by atoms with Gasteiger partial charge < -0.3 is 9.13 Å². The van der Waals surface area contributed by atoms with Crippen molar-refractivity contribution in [1.29, 1.82) is 5.26 Å². The van der Waals surface area contributed by atoms with Gasteiger partial charge in [0.2, 0.25) is 0 Å². The molecule has 0 atom stereocenters. The van der Waals surface area contributed by atoms with Crippen LogP contribution in [0.25, 0.3) is 91.1 Å². The zero-order chi connectivity index (χ0) is 32.6. The number of hydrogen-bond acceptors (Lipinski definition) is 2. The zero-order valence-electron chi connectivity index (χ0n) is 26.1. The number of benzene rings is 7. The van der Waals surface area contributed by atoms with Crippen LogP contribution in [0.1, 0.15) is 5.56 Å². The summed E-state index contributed by atoms with van der Waals surface area (Å²) in [5, 5.41) is 16.5. The quantitative estimate of drug-likeness (QED) is 0.177.